The molecule has 21 heavy (non-hydrogen) atoms. The number of benzene rings is 2. The molecule has 1 fully saturated rings. The van der Waals surface area contributed by atoms with Crippen LogP contribution < -0.4 is 5.73 Å². The van der Waals surface area contributed by atoms with E-state index in [2.05, 4.69) is 55.3 Å². The summed E-state index contributed by atoms with van der Waals surface area (Å²) in [5, 5.41) is 2.51. The monoisotopic (exact) mass is 282 g/mol. The molecule has 0 aliphatic heterocycles. The summed E-state index contributed by atoms with van der Waals surface area (Å²) < 4.78 is 0. The van der Waals surface area contributed by atoms with Gasteiger partial charge in [-0.2, -0.15) is 0 Å². The van der Waals surface area contributed by atoms with E-state index in [0.717, 1.165) is 18.2 Å². The second kappa shape index (κ2) is 6.07. The van der Waals surface area contributed by atoms with Crippen LogP contribution in [-0.4, -0.2) is 18.0 Å². The number of nitrogen functional groups attached to an aromatic ring is 1. The number of fused-ring (bicyclic) bond motifs is 1. The molecule has 0 heterocycles. The molecule has 2 N–H and O–H groups in total. The fourth-order valence-electron chi connectivity index (χ4n) is 3.78. The van der Waals surface area contributed by atoms with Crippen LogP contribution in [0.15, 0.2) is 36.4 Å². The lowest BCUT2D eigenvalue weighted by Crippen LogP contribution is -2.38. The van der Waals surface area contributed by atoms with Gasteiger partial charge in [0.1, 0.15) is 0 Å². The Hall–Kier alpha value is -1.54. The van der Waals surface area contributed by atoms with E-state index in [9.17, 15) is 0 Å². The summed E-state index contributed by atoms with van der Waals surface area (Å²) in [5.41, 5.74) is 8.45. The topological polar surface area (TPSA) is 29.3 Å². The van der Waals surface area contributed by atoms with Crippen LogP contribution in [0.25, 0.3) is 10.8 Å². The van der Waals surface area contributed by atoms with Gasteiger partial charge in [-0.3, -0.25) is 4.90 Å². The summed E-state index contributed by atoms with van der Waals surface area (Å²) >= 11 is 0. The van der Waals surface area contributed by atoms with Crippen molar-refractivity contribution in [3.8, 4) is 0 Å². The SMILES string of the molecule is CC1CCCCC1N(C)Cc1cc2ccccc2cc1N. The molecule has 2 nitrogen and oxygen atoms in total. The summed E-state index contributed by atoms with van der Waals surface area (Å²) in [6, 6.07) is 13.5. The summed E-state index contributed by atoms with van der Waals surface area (Å²) in [7, 11) is 2.25. The Morgan fingerprint density at radius 1 is 1.10 bits per heavy atom. The number of anilines is 1. The van der Waals surface area contributed by atoms with Gasteiger partial charge in [-0.15, -0.1) is 0 Å². The molecule has 0 aromatic heterocycles. The number of nitrogens with two attached hydrogens (primary N) is 1. The van der Waals surface area contributed by atoms with Gasteiger partial charge in [0.15, 0.2) is 0 Å². The zero-order valence-corrected chi connectivity index (χ0v) is 13.2. The van der Waals surface area contributed by atoms with Crippen LogP contribution >= 0.6 is 0 Å². The quantitative estimate of drug-likeness (QED) is 0.844. The molecule has 0 radical (unpaired) electrons. The number of nitrogens with zero attached hydrogens (tertiary/aromatic N) is 1. The molecule has 1 aliphatic carbocycles. The van der Waals surface area contributed by atoms with Crippen LogP contribution in [0.5, 0.6) is 0 Å². The molecule has 1 aliphatic rings. The fraction of sp³-hybridized carbons (Fsp3) is 0.474. The Labute approximate surface area is 127 Å². The van der Waals surface area contributed by atoms with Gasteiger partial charge in [0, 0.05) is 18.3 Å². The molecule has 2 aromatic carbocycles. The van der Waals surface area contributed by atoms with Crippen LogP contribution in [0.2, 0.25) is 0 Å². The van der Waals surface area contributed by atoms with E-state index in [4.69, 9.17) is 5.73 Å². The van der Waals surface area contributed by atoms with E-state index in [0.29, 0.717) is 6.04 Å². The maximum atomic E-state index is 6.27. The maximum absolute atomic E-state index is 6.27. The van der Waals surface area contributed by atoms with Crippen LogP contribution in [0, 0.1) is 5.92 Å². The summed E-state index contributed by atoms with van der Waals surface area (Å²) in [6.07, 6.45) is 5.45. The minimum Gasteiger partial charge on any atom is -0.398 e. The molecule has 0 amide bonds. The highest BCUT2D eigenvalue weighted by Gasteiger charge is 2.25. The Kier molecular flexibility index (Phi) is 4.16. The first-order valence-corrected chi connectivity index (χ1v) is 8.12. The van der Waals surface area contributed by atoms with Gasteiger partial charge in [0.2, 0.25) is 0 Å². The number of hydrogen-bond acceptors (Lipinski definition) is 2. The molecule has 2 unspecified atom stereocenters. The smallest absolute Gasteiger partial charge is 0.0366 e. The average Bonchev–Trinajstić information content (AvgIpc) is 2.48. The molecule has 2 heteroatoms. The Morgan fingerprint density at radius 2 is 1.76 bits per heavy atom. The van der Waals surface area contributed by atoms with Crippen molar-refractivity contribution in [1.82, 2.24) is 4.90 Å². The van der Waals surface area contributed by atoms with E-state index < -0.39 is 0 Å². The van der Waals surface area contributed by atoms with Crippen LogP contribution in [-0.2, 0) is 6.54 Å². The molecule has 0 saturated heterocycles. The predicted molar refractivity (Wildman–Crippen MR) is 91.2 cm³/mol. The van der Waals surface area contributed by atoms with E-state index >= 15 is 0 Å². The summed E-state index contributed by atoms with van der Waals surface area (Å²) in [5.74, 6) is 0.797. The molecule has 112 valence electrons. The largest absolute Gasteiger partial charge is 0.398 e. The standard InChI is InChI=1S/C19H26N2/c1-14-7-3-6-10-19(14)21(2)13-17-11-15-8-4-5-9-16(15)12-18(17)20/h4-5,8-9,11-12,14,19H,3,6-7,10,13,20H2,1-2H3. The minimum atomic E-state index is 0.699. The molecule has 1 saturated carbocycles. The third-order valence-corrected chi connectivity index (χ3v) is 5.06. The average molecular weight is 282 g/mol. The molecule has 3 rings (SSSR count). The van der Waals surface area contributed by atoms with Crippen LogP contribution in [0.1, 0.15) is 38.2 Å². The fourth-order valence-corrected chi connectivity index (χ4v) is 3.78. The number of rotatable bonds is 3. The third-order valence-electron chi connectivity index (χ3n) is 5.06. The van der Waals surface area contributed by atoms with Crippen molar-refractivity contribution in [2.24, 2.45) is 5.92 Å². The van der Waals surface area contributed by atoms with Crippen molar-refractivity contribution in [2.45, 2.75) is 45.2 Å². The molecule has 2 aromatic rings. The van der Waals surface area contributed by atoms with Gasteiger partial charge in [-0.25, -0.2) is 0 Å². The second-order valence-electron chi connectivity index (χ2n) is 6.64. The minimum absolute atomic E-state index is 0.699. The zero-order valence-electron chi connectivity index (χ0n) is 13.2. The Morgan fingerprint density at radius 3 is 2.48 bits per heavy atom. The van der Waals surface area contributed by atoms with E-state index in [1.165, 1.54) is 42.0 Å². The highest BCUT2D eigenvalue weighted by Crippen LogP contribution is 2.30. The lowest BCUT2D eigenvalue weighted by molar-refractivity contribution is 0.133. The molecular weight excluding hydrogens is 256 g/mol. The highest BCUT2D eigenvalue weighted by atomic mass is 15.1. The van der Waals surface area contributed by atoms with Gasteiger partial charge in [0.25, 0.3) is 0 Å². The predicted octanol–water partition coefficient (Wildman–Crippen LogP) is 4.43. The van der Waals surface area contributed by atoms with Crippen molar-refractivity contribution in [1.29, 1.82) is 0 Å². The molecule has 0 bridgehead atoms. The van der Waals surface area contributed by atoms with E-state index in [-0.39, 0.29) is 0 Å². The Bertz CT molecular complexity index is 620. The van der Waals surface area contributed by atoms with Gasteiger partial charge >= 0.3 is 0 Å². The van der Waals surface area contributed by atoms with Gasteiger partial charge in [-0.05, 0) is 54.3 Å². The molecule has 0 spiro atoms. The first kappa shape index (κ1) is 14.4. The third kappa shape index (κ3) is 3.06. The summed E-state index contributed by atoms with van der Waals surface area (Å²) in [4.78, 5) is 2.50. The second-order valence-corrected chi connectivity index (χ2v) is 6.64. The highest BCUT2D eigenvalue weighted by molar-refractivity contribution is 5.86. The van der Waals surface area contributed by atoms with Crippen LogP contribution in [0.4, 0.5) is 5.69 Å². The van der Waals surface area contributed by atoms with Gasteiger partial charge in [-0.1, -0.05) is 44.0 Å². The molecule has 2 atom stereocenters. The van der Waals surface area contributed by atoms with Crippen LogP contribution in [0.3, 0.4) is 0 Å². The van der Waals surface area contributed by atoms with Gasteiger partial charge < -0.3 is 5.73 Å². The molecular formula is C19H26N2. The van der Waals surface area contributed by atoms with Crippen molar-refractivity contribution >= 4 is 16.5 Å². The lowest BCUT2D eigenvalue weighted by atomic mass is 9.85. The number of hydrogen-bond donors (Lipinski definition) is 1. The zero-order chi connectivity index (χ0) is 14.8. The first-order chi connectivity index (χ1) is 10.1. The van der Waals surface area contributed by atoms with Crippen molar-refractivity contribution in [2.75, 3.05) is 12.8 Å². The van der Waals surface area contributed by atoms with E-state index in [1.54, 1.807) is 0 Å². The normalized spacial score (nSPS) is 22.8. The van der Waals surface area contributed by atoms with Crippen molar-refractivity contribution < 1.29 is 0 Å². The van der Waals surface area contributed by atoms with Crippen molar-refractivity contribution in [3.05, 3.63) is 42.0 Å². The van der Waals surface area contributed by atoms with Gasteiger partial charge in [0.05, 0.1) is 0 Å². The first-order valence-electron chi connectivity index (χ1n) is 8.12. The lowest BCUT2D eigenvalue weighted by Gasteiger charge is -2.36. The Balaban J connectivity index is 1.82. The maximum Gasteiger partial charge on any atom is 0.0366 e. The van der Waals surface area contributed by atoms with Crippen molar-refractivity contribution in [3.63, 3.8) is 0 Å². The summed E-state index contributed by atoms with van der Waals surface area (Å²) in [6.45, 7) is 3.34. The van der Waals surface area contributed by atoms with E-state index in [1.807, 2.05) is 0 Å².